The van der Waals surface area contributed by atoms with Crippen LogP contribution in [0, 0.1) is 6.92 Å². The molecular formula is C11H19N3O2S. The minimum absolute atomic E-state index is 0.380. The Balaban J connectivity index is 1.59. The third-order valence-electron chi connectivity index (χ3n) is 2.82. The molecule has 6 heteroatoms. The number of hydrogen-bond donors (Lipinski definition) is 1. The molecule has 17 heavy (non-hydrogen) atoms. The zero-order chi connectivity index (χ0) is 12.1. The summed E-state index contributed by atoms with van der Waals surface area (Å²) in [6, 6.07) is 0.419. The van der Waals surface area contributed by atoms with E-state index in [1.165, 1.54) is 12.8 Å². The Labute approximate surface area is 106 Å². The SMILES string of the molecule is Cc1nnc(SCCNC(C)C2CCCO2)o1. The van der Waals surface area contributed by atoms with Gasteiger partial charge in [-0.1, -0.05) is 11.8 Å². The van der Waals surface area contributed by atoms with E-state index in [9.17, 15) is 0 Å². The Morgan fingerprint density at radius 3 is 3.06 bits per heavy atom. The van der Waals surface area contributed by atoms with Gasteiger partial charge in [0.15, 0.2) is 0 Å². The third kappa shape index (κ3) is 3.97. The summed E-state index contributed by atoms with van der Waals surface area (Å²) < 4.78 is 10.9. The Hall–Kier alpha value is -0.590. The zero-order valence-electron chi connectivity index (χ0n) is 10.3. The Morgan fingerprint density at radius 1 is 1.53 bits per heavy atom. The normalized spacial score (nSPS) is 21.9. The molecule has 1 aromatic heterocycles. The molecule has 0 aromatic carbocycles. The molecule has 2 heterocycles. The maximum atomic E-state index is 5.62. The first-order chi connectivity index (χ1) is 8.25. The van der Waals surface area contributed by atoms with Crippen molar-refractivity contribution in [2.24, 2.45) is 0 Å². The van der Waals surface area contributed by atoms with Gasteiger partial charge in [-0.15, -0.1) is 10.2 Å². The van der Waals surface area contributed by atoms with Crippen LogP contribution in [0.15, 0.2) is 9.64 Å². The highest BCUT2D eigenvalue weighted by Gasteiger charge is 2.21. The van der Waals surface area contributed by atoms with Crippen LogP contribution in [0.4, 0.5) is 0 Å². The van der Waals surface area contributed by atoms with Crippen LogP contribution in [0.3, 0.4) is 0 Å². The van der Waals surface area contributed by atoms with Crippen molar-refractivity contribution in [3.05, 3.63) is 5.89 Å². The van der Waals surface area contributed by atoms with Crippen LogP contribution >= 0.6 is 11.8 Å². The van der Waals surface area contributed by atoms with Crippen molar-refractivity contribution in [3.8, 4) is 0 Å². The van der Waals surface area contributed by atoms with E-state index in [1.807, 2.05) is 0 Å². The molecule has 1 aliphatic heterocycles. The molecular weight excluding hydrogens is 238 g/mol. The van der Waals surface area contributed by atoms with Crippen molar-refractivity contribution in [3.63, 3.8) is 0 Å². The summed E-state index contributed by atoms with van der Waals surface area (Å²) in [4.78, 5) is 0. The number of rotatable bonds is 6. The molecule has 2 unspecified atom stereocenters. The fourth-order valence-corrected chi connectivity index (χ4v) is 2.56. The average molecular weight is 257 g/mol. The lowest BCUT2D eigenvalue weighted by atomic mass is 10.1. The van der Waals surface area contributed by atoms with Crippen molar-refractivity contribution in [1.29, 1.82) is 0 Å². The average Bonchev–Trinajstić information content (AvgIpc) is 2.95. The molecule has 5 nitrogen and oxygen atoms in total. The predicted octanol–water partition coefficient (Wildman–Crippen LogP) is 1.63. The van der Waals surface area contributed by atoms with Crippen molar-refractivity contribution >= 4 is 11.8 Å². The Morgan fingerprint density at radius 2 is 2.41 bits per heavy atom. The van der Waals surface area contributed by atoms with Gasteiger partial charge in [0, 0.05) is 31.9 Å². The molecule has 1 saturated heterocycles. The molecule has 1 N–H and O–H groups in total. The highest BCUT2D eigenvalue weighted by Crippen LogP contribution is 2.16. The fraction of sp³-hybridized carbons (Fsp3) is 0.818. The van der Waals surface area contributed by atoms with Crippen LogP contribution < -0.4 is 5.32 Å². The molecule has 0 aliphatic carbocycles. The topological polar surface area (TPSA) is 60.2 Å². The predicted molar refractivity (Wildman–Crippen MR) is 66.2 cm³/mol. The standard InChI is InChI=1S/C11H19N3O2S/c1-8(10-4-3-6-15-10)12-5-7-17-11-14-13-9(2)16-11/h8,10,12H,3-7H2,1-2H3. The number of thioether (sulfide) groups is 1. The van der Waals surface area contributed by atoms with Gasteiger partial charge in [-0.05, 0) is 19.8 Å². The van der Waals surface area contributed by atoms with Crippen LogP contribution in [-0.4, -0.2) is 41.2 Å². The molecule has 1 aliphatic rings. The van der Waals surface area contributed by atoms with Crippen molar-refractivity contribution in [2.75, 3.05) is 18.9 Å². The van der Waals surface area contributed by atoms with Crippen molar-refractivity contribution < 1.29 is 9.15 Å². The van der Waals surface area contributed by atoms with E-state index in [2.05, 4.69) is 22.4 Å². The summed E-state index contributed by atoms with van der Waals surface area (Å²) in [5.41, 5.74) is 0. The Bertz CT molecular complexity index is 339. The van der Waals surface area contributed by atoms with E-state index in [0.717, 1.165) is 18.9 Å². The summed E-state index contributed by atoms with van der Waals surface area (Å²) in [6.07, 6.45) is 2.74. The third-order valence-corrected chi connectivity index (χ3v) is 3.64. The minimum Gasteiger partial charge on any atom is -0.416 e. The number of ether oxygens (including phenoxy) is 1. The zero-order valence-corrected chi connectivity index (χ0v) is 11.1. The number of aromatic nitrogens is 2. The number of nitrogens with zero attached hydrogens (tertiary/aromatic N) is 2. The van der Waals surface area contributed by atoms with E-state index < -0.39 is 0 Å². The molecule has 0 amide bonds. The monoisotopic (exact) mass is 257 g/mol. The van der Waals surface area contributed by atoms with Gasteiger partial charge in [-0.3, -0.25) is 0 Å². The summed E-state index contributed by atoms with van der Waals surface area (Å²) in [5, 5.41) is 11.8. The van der Waals surface area contributed by atoms with Gasteiger partial charge in [-0.25, -0.2) is 0 Å². The van der Waals surface area contributed by atoms with Crippen molar-refractivity contribution in [1.82, 2.24) is 15.5 Å². The van der Waals surface area contributed by atoms with Crippen LogP contribution in [0.25, 0.3) is 0 Å². The van der Waals surface area contributed by atoms with Gasteiger partial charge < -0.3 is 14.5 Å². The lowest BCUT2D eigenvalue weighted by molar-refractivity contribution is 0.0844. The molecule has 0 spiro atoms. The second-order valence-corrected chi connectivity index (χ2v) is 5.28. The van der Waals surface area contributed by atoms with E-state index in [0.29, 0.717) is 23.3 Å². The van der Waals surface area contributed by atoms with E-state index in [-0.39, 0.29) is 0 Å². The molecule has 1 aromatic rings. The second-order valence-electron chi connectivity index (χ2n) is 4.23. The number of hydrogen-bond acceptors (Lipinski definition) is 6. The van der Waals surface area contributed by atoms with Crippen LogP contribution in [-0.2, 0) is 4.74 Å². The molecule has 1 fully saturated rings. The first-order valence-corrected chi connectivity index (χ1v) is 7.02. The highest BCUT2D eigenvalue weighted by atomic mass is 32.2. The minimum atomic E-state index is 0.380. The van der Waals surface area contributed by atoms with Crippen LogP contribution in [0.2, 0.25) is 0 Å². The first kappa shape index (κ1) is 12.9. The highest BCUT2D eigenvalue weighted by molar-refractivity contribution is 7.99. The van der Waals surface area contributed by atoms with E-state index in [1.54, 1.807) is 18.7 Å². The lowest BCUT2D eigenvalue weighted by Gasteiger charge is -2.19. The quantitative estimate of drug-likeness (QED) is 0.617. The molecule has 2 rings (SSSR count). The molecule has 96 valence electrons. The van der Waals surface area contributed by atoms with Gasteiger partial charge in [-0.2, -0.15) is 0 Å². The number of aryl methyl sites for hydroxylation is 1. The first-order valence-electron chi connectivity index (χ1n) is 6.03. The fourth-order valence-electron chi connectivity index (χ4n) is 1.89. The maximum Gasteiger partial charge on any atom is 0.276 e. The van der Waals surface area contributed by atoms with Gasteiger partial charge in [0.2, 0.25) is 5.89 Å². The smallest absolute Gasteiger partial charge is 0.276 e. The van der Waals surface area contributed by atoms with Gasteiger partial charge in [0.1, 0.15) is 0 Å². The van der Waals surface area contributed by atoms with Crippen molar-refractivity contribution in [2.45, 2.75) is 44.1 Å². The maximum absolute atomic E-state index is 5.62. The summed E-state index contributed by atoms with van der Waals surface area (Å²) in [6.45, 7) is 5.81. The summed E-state index contributed by atoms with van der Waals surface area (Å²) in [7, 11) is 0. The van der Waals surface area contributed by atoms with E-state index >= 15 is 0 Å². The summed E-state index contributed by atoms with van der Waals surface area (Å²) >= 11 is 1.58. The molecule has 0 saturated carbocycles. The van der Waals surface area contributed by atoms with Gasteiger partial charge in [0.25, 0.3) is 5.22 Å². The Kier molecular flexibility index (Phi) is 4.82. The molecule has 2 atom stereocenters. The second kappa shape index (κ2) is 6.37. The molecule has 0 bridgehead atoms. The van der Waals surface area contributed by atoms with Gasteiger partial charge in [0.05, 0.1) is 6.10 Å². The molecule has 0 radical (unpaired) electrons. The van der Waals surface area contributed by atoms with Gasteiger partial charge >= 0.3 is 0 Å². The van der Waals surface area contributed by atoms with Crippen LogP contribution in [0.1, 0.15) is 25.7 Å². The number of nitrogens with one attached hydrogen (secondary N) is 1. The van der Waals surface area contributed by atoms with E-state index in [4.69, 9.17) is 9.15 Å². The largest absolute Gasteiger partial charge is 0.416 e. The summed E-state index contributed by atoms with van der Waals surface area (Å²) in [5.74, 6) is 1.55. The van der Waals surface area contributed by atoms with Crippen LogP contribution in [0.5, 0.6) is 0 Å². The lowest BCUT2D eigenvalue weighted by Crippen LogP contribution is -2.38.